The molecule has 1 heterocycles. The molecule has 116 valence electrons. The summed E-state index contributed by atoms with van der Waals surface area (Å²) >= 11 is 0. The number of hydrogen-bond donors (Lipinski definition) is 3. The van der Waals surface area contributed by atoms with Gasteiger partial charge in [-0.05, 0) is 17.7 Å². The molecule has 3 rings (SSSR count). The van der Waals surface area contributed by atoms with E-state index >= 15 is 0 Å². The largest absolute Gasteiger partial charge is 0.388 e. The molecule has 0 aliphatic heterocycles. The van der Waals surface area contributed by atoms with Crippen LogP contribution in [0.25, 0.3) is 11.4 Å². The summed E-state index contributed by atoms with van der Waals surface area (Å²) in [5.74, 6) is 0.376. The fraction of sp³-hybridized carbons (Fsp3) is 0.118. The molecule has 0 bridgehead atoms. The fourth-order valence-electron chi connectivity index (χ4n) is 2.27. The summed E-state index contributed by atoms with van der Waals surface area (Å²) in [4.78, 5) is 16.2. The summed E-state index contributed by atoms with van der Waals surface area (Å²) < 4.78 is 0. The molecule has 0 radical (unpaired) electrons. The molecular formula is C17H16N4O2. The second-order valence-electron chi connectivity index (χ2n) is 5.09. The van der Waals surface area contributed by atoms with Gasteiger partial charge in [-0.2, -0.15) is 5.10 Å². The predicted octanol–water partition coefficient (Wildman–Crippen LogP) is 2.53. The SMILES string of the molecule is O=C(CC(O)c1ccccc1)Nc1cccc(-c2ncn[nH]2)c1. The summed E-state index contributed by atoms with van der Waals surface area (Å²) in [6.07, 6.45) is 0.599. The van der Waals surface area contributed by atoms with Gasteiger partial charge in [-0.15, -0.1) is 0 Å². The molecule has 0 saturated carbocycles. The number of benzene rings is 2. The second-order valence-corrected chi connectivity index (χ2v) is 5.09. The average molecular weight is 308 g/mol. The molecule has 1 aromatic heterocycles. The zero-order chi connectivity index (χ0) is 16.1. The summed E-state index contributed by atoms with van der Waals surface area (Å²) in [5, 5.41) is 19.5. The van der Waals surface area contributed by atoms with E-state index in [1.807, 2.05) is 30.3 Å². The quantitative estimate of drug-likeness (QED) is 0.675. The number of carbonyl (C=O) groups is 1. The third-order valence-corrected chi connectivity index (χ3v) is 3.40. The lowest BCUT2D eigenvalue weighted by molar-refractivity contribution is -0.118. The topological polar surface area (TPSA) is 90.9 Å². The van der Waals surface area contributed by atoms with Crippen LogP contribution in [0.4, 0.5) is 5.69 Å². The van der Waals surface area contributed by atoms with E-state index < -0.39 is 6.10 Å². The smallest absolute Gasteiger partial charge is 0.227 e. The van der Waals surface area contributed by atoms with E-state index in [9.17, 15) is 9.90 Å². The normalized spacial score (nSPS) is 11.9. The van der Waals surface area contributed by atoms with E-state index in [0.29, 0.717) is 11.5 Å². The van der Waals surface area contributed by atoms with Crippen LogP contribution < -0.4 is 5.32 Å². The van der Waals surface area contributed by atoms with Crippen LogP contribution in [-0.4, -0.2) is 26.2 Å². The van der Waals surface area contributed by atoms with Crippen LogP contribution in [0.1, 0.15) is 18.1 Å². The van der Waals surface area contributed by atoms with Crippen molar-refractivity contribution in [3.63, 3.8) is 0 Å². The van der Waals surface area contributed by atoms with Crippen molar-refractivity contribution in [3.05, 3.63) is 66.5 Å². The predicted molar refractivity (Wildman–Crippen MR) is 86.5 cm³/mol. The van der Waals surface area contributed by atoms with E-state index in [1.165, 1.54) is 6.33 Å². The van der Waals surface area contributed by atoms with Gasteiger partial charge in [0.05, 0.1) is 12.5 Å². The van der Waals surface area contributed by atoms with Crippen LogP contribution >= 0.6 is 0 Å². The van der Waals surface area contributed by atoms with E-state index in [4.69, 9.17) is 0 Å². The van der Waals surface area contributed by atoms with Crippen molar-refractivity contribution < 1.29 is 9.90 Å². The molecule has 23 heavy (non-hydrogen) atoms. The van der Waals surface area contributed by atoms with E-state index in [-0.39, 0.29) is 12.3 Å². The van der Waals surface area contributed by atoms with Gasteiger partial charge < -0.3 is 10.4 Å². The molecule has 2 aromatic carbocycles. The first kappa shape index (κ1) is 14.9. The number of H-pyrrole nitrogens is 1. The molecule has 0 saturated heterocycles. The summed E-state index contributed by atoms with van der Waals surface area (Å²) in [7, 11) is 0. The highest BCUT2D eigenvalue weighted by molar-refractivity contribution is 5.91. The zero-order valence-corrected chi connectivity index (χ0v) is 12.3. The molecule has 3 N–H and O–H groups in total. The number of nitrogens with one attached hydrogen (secondary N) is 2. The van der Waals surface area contributed by atoms with Gasteiger partial charge in [-0.3, -0.25) is 9.89 Å². The van der Waals surface area contributed by atoms with Crippen molar-refractivity contribution in [2.24, 2.45) is 0 Å². The standard InChI is InChI=1S/C17H16N4O2/c22-15(12-5-2-1-3-6-12)10-16(23)20-14-8-4-7-13(9-14)17-18-11-19-21-17/h1-9,11,15,22H,10H2,(H,20,23)(H,18,19,21). The first-order chi connectivity index (χ1) is 11.2. The highest BCUT2D eigenvalue weighted by Crippen LogP contribution is 2.20. The number of anilines is 1. The number of amides is 1. The van der Waals surface area contributed by atoms with Gasteiger partial charge in [0, 0.05) is 11.3 Å². The number of carbonyl (C=O) groups excluding carboxylic acids is 1. The van der Waals surface area contributed by atoms with Gasteiger partial charge in [0.15, 0.2) is 5.82 Å². The Bertz CT molecular complexity index is 772. The molecule has 3 aromatic rings. The number of aromatic nitrogens is 3. The molecule has 6 nitrogen and oxygen atoms in total. The zero-order valence-electron chi connectivity index (χ0n) is 12.3. The minimum Gasteiger partial charge on any atom is -0.388 e. The minimum absolute atomic E-state index is 0.00342. The lowest BCUT2D eigenvalue weighted by Gasteiger charge is -2.11. The van der Waals surface area contributed by atoms with Crippen molar-refractivity contribution in [1.29, 1.82) is 0 Å². The van der Waals surface area contributed by atoms with Gasteiger partial charge in [-0.1, -0.05) is 42.5 Å². The van der Waals surface area contributed by atoms with Crippen LogP contribution in [0, 0.1) is 0 Å². The highest BCUT2D eigenvalue weighted by Gasteiger charge is 2.13. The van der Waals surface area contributed by atoms with Gasteiger partial charge in [0.2, 0.25) is 5.91 Å². The fourth-order valence-corrected chi connectivity index (χ4v) is 2.27. The Morgan fingerprint density at radius 3 is 2.74 bits per heavy atom. The Hall–Kier alpha value is -2.99. The molecule has 1 unspecified atom stereocenters. The second kappa shape index (κ2) is 6.85. The molecule has 1 atom stereocenters. The van der Waals surface area contributed by atoms with Crippen LogP contribution in [-0.2, 0) is 4.79 Å². The number of hydrogen-bond acceptors (Lipinski definition) is 4. The number of rotatable bonds is 5. The minimum atomic E-state index is -0.825. The summed E-state index contributed by atoms with van der Waals surface area (Å²) in [6.45, 7) is 0. The van der Waals surface area contributed by atoms with Crippen molar-refractivity contribution in [1.82, 2.24) is 15.2 Å². The number of nitrogens with zero attached hydrogens (tertiary/aromatic N) is 2. The van der Waals surface area contributed by atoms with E-state index in [2.05, 4.69) is 20.5 Å². The van der Waals surface area contributed by atoms with Crippen molar-refractivity contribution in [2.75, 3.05) is 5.32 Å². The Labute approximate surface area is 133 Å². The van der Waals surface area contributed by atoms with Crippen LogP contribution in [0.15, 0.2) is 60.9 Å². The maximum Gasteiger partial charge on any atom is 0.227 e. The van der Waals surface area contributed by atoms with Crippen molar-refractivity contribution >= 4 is 11.6 Å². The molecular weight excluding hydrogens is 292 g/mol. The van der Waals surface area contributed by atoms with Crippen LogP contribution in [0.5, 0.6) is 0 Å². The number of aliphatic hydroxyl groups is 1. The Balaban J connectivity index is 1.65. The molecule has 0 spiro atoms. The van der Waals surface area contributed by atoms with Gasteiger partial charge in [-0.25, -0.2) is 4.98 Å². The monoisotopic (exact) mass is 308 g/mol. The van der Waals surface area contributed by atoms with Gasteiger partial charge >= 0.3 is 0 Å². The molecule has 6 heteroatoms. The lowest BCUT2D eigenvalue weighted by Crippen LogP contribution is -2.15. The Morgan fingerprint density at radius 2 is 2.00 bits per heavy atom. The highest BCUT2D eigenvalue weighted by atomic mass is 16.3. The van der Waals surface area contributed by atoms with E-state index in [1.54, 1.807) is 24.3 Å². The van der Waals surface area contributed by atoms with Gasteiger partial charge in [0.1, 0.15) is 6.33 Å². The van der Waals surface area contributed by atoms with E-state index in [0.717, 1.165) is 11.1 Å². The molecule has 0 fully saturated rings. The maximum atomic E-state index is 12.1. The third kappa shape index (κ3) is 3.81. The first-order valence-corrected chi connectivity index (χ1v) is 7.21. The average Bonchev–Trinajstić information content (AvgIpc) is 3.10. The van der Waals surface area contributed by atoms with Crippen LogP contribution in [0.2, 0.25) is 0 Å². The number of aliphatic hydroxyl groups excluding tert-OH is 1. The van der Waals surface area contributed by atoms with Crippen molar-refractivity contribution in [3.8, 4) is 11.4 Å². The Kier molecular flexibility index (Phi) is 4.44. The van der Waals surface area contributed by atoms with Crippen molar-refractivity contribution in [2.45, 2.75) is 12.5 Å². The third-order valence-electron chi connectivity index (χ3n) is 3.40. The lowest BCUT2D eigenvalue weighted by atomic mass is 10.1. The molecule has 1 amide bonds. The summed E-state index contributed by atoms with van der Waals surface area (Å²) in [6, 6.07) is 16.4. The van der Waals surface area contributed by atoms with Gasteiger partial charge in [0.25, 0.3) is 0 Å². The maximum absolute atomic E-state index is 12.1. The molecule has 0 aliphatic carbocycles. The summed E-state index contributed by atoms with van der Waals surface area (Å²) in [5.41, 5.74) is 2.19. The van der Waals surface area contributed by atoms with Crippen LogP contribution in [0.3, 0.4) is 0 Å². The molecule has 0 aliphatic rings. The Morgan fingerprint density at radius 1 is 1.17 bits per heavy atom. The number of aromatic amines is 1. The first-order valence-electron chi connectivity index (χ1n) is 7.21.